The third kappa shape index (κ3) is 6.74. The van der Waals surface area contributed by atoms with Gasteiger partial charge in [-0.05, 0) is 18.6 Å². The van der Waals surface area contributed by atoms with Gasteiger partial charge in [0.25, 0.3) is 10.1 Å². The number of rotatable bonds is 8. The summed E-state index contributed by atoms with van der Waals surface area (Å²) in [7, 11) is -3.87. The SMILES string of the molecule is CCOC(=O)C1=C[C@H](OC(C)=O)[C@@H](OS(C)(=O)=O)[C@H](OCc2ccccc2)C1. The van der Waals surface area contributed by atoms with Crippen molar-refractivity contribution in [1.29, 1.82) is 0 Å². The second kappa shape index (κ2) is 9.81. The summed E-state index contributed by atoms with van der Waals surface area (Å²) in [6.07, 6.45) is -0.761. The number of hydrogen-bond donors (Lipinski definition) is 0. The van der Waals surface area contributed by atoms with E-state index in [-0.39, 0.29) is 25.2 Å². The molecule has 0 aromatic heterocycles. The molecular formula is C19H24O8S. The average molecular weight is 412 g/mol. The second-order valence-electron chi connectivity index (χ2n) is 6.29. The zero-order valence-corrected chi connectivity index (χ0v) is 16.8. The largest absolute Gasteiger partial charge is 0.463 e. The van der Waals surface area contributed by atoms with Gasteiger partial charge in [-0.1, -0.05) is 30.3 Å². The van der Waals surface area contributed by atoms with Crippen LogP contribution in [0.5, 0.6) is 0 Å². The van der Waals surface area contributed by atoms with Crippen molar-refractivity contribution in [2.45, 2.75) is 45.2 Å². The third-order valence-corrected chi connectivity index (χ3v) is 4.48. The van der Waals surface area contributed by atoms with E-state index in [1.807, 2.05) is 30.3 Å². The lowest BCUT2D eigenvalue weighted by molar-refractivity contribution is -0.156. The molecule has 1 aromatic rings. The fourth-order valence-electron chi connectivity index (χ4n) is 2.82. The summed E-state index contributed by atoms with van der Waals surface area (Å²) in [5, 5.41) is 0. The van der Waals surface area contributed by atoms with Gasteiger partial charge in [-0.15, -0.1) is 0 Å². The number of hydrogen-bond acceptors (Lipinski definition) is 8. The van der Waals surface area contributed by atoms with E-state index in [0.717, 1.165) is 11.8 Å². The van der Waals surface area contributed by atoms with Gasteiger partial charge in [0.2, 0.25) is 0 Å². The van der Waals surface area contributed by atoms with Gasteiger partial charge in [0, 0.05) is 18.9 Å². The zero-order valence-electron chi connectivity index (χ0n) is 16.0. The normalized spacial score (nSPS) is 22.2. The van der Waals surface area contributed by atoms with Crippen molar-refractivity contribution >= 4 is 22.1 Å². The Morgan fingerprint density at radius 3 is 2.43 bits per heavy atom. The van der Waals surface area contributed by atoms with E-state index in [1.165, 1.54) is 13.0 Å². The lowest BCUT2D eigenvalue weighted by atomic mass is 9.91. The van der Waals surface area contributed by atoms with E-state index in [1.54, 1.807) is 6.92 Å². The minimum atomic E-state index is -3.87. The number of esters is 2. The molecule has 0 unspecified atom stereocenters. The van der Waals surface area contributed by atoms with E-state index >= 15 is 0 Å². The standard InChI is InChI=1S/C19H24O8S/c1-4-24-19(21)15-10-16(25-12-14-8-6-5-7-9-14)18(27-28(3,22)23)17(11-15)26-13(2)20/h5-9,11,16-18H,4,10,12H2,1-3H3/t16-,17+,18+/m1/s1. The summed E-state index contributed by atoms with van der Waals surface area (Å²) in [6, 6.07) is 9.24. The van der Waals surface area contributed by atoms with Crippen LogP contribution in [0.15, 0.2) is 42.0 Å². The van der Waals surface area contributed by atoms with Crippen molar-refractivity contribution in [3.8, 4) is 0 Å². The highest BCUT2D eigenvalue weighted by Gasteiger charge is 2.41. The van der Waals surface area contributed by atoms with Crippen LogP contribution in [0.3, 0.4) is 0 Å². The molecular weight excluding hydrogens is 388 g/mol. The van der Waals surface area contributed by atoms with Crippen LogP contribution >= 0.6 is 0 Å². The van der Waals surface area contributed by atoms with E-state index in [9.17, 15) is 18.0 Å². The monoisotopic (exact) mass is 412 g/mol. The van der Waals surface area contributed by atoms with Crippen molar-refractivity contribution in [2.24, 2.45) is 0 Å². The van der Waals surface area contributed by atoms with Crippen LogP contribution in [-0.2, 0) is 44.7 Å². The highest BCUT2D eigenvalue weighted by Crippen LogP contribution is 2.29. The quantitative estimate of drug-likeness (QED) is 0.470. The maximum atomic E-state index is 12.2. The second-order valence-corrected chi connectivity index (χ2v) is 7.89. The molecule has 1 aliphatic carbocycles. The van der Waals surface area contributed by atoms with Crippen molar-refractivity contribution in [1.82, 2.24) is 0 Å². The predicted molar refractivity (Wildman–Crippen MR) is 99.6 cm³/mol. The van der Waals surface area contributed by atoms with Crippen LogP contribution in [0.25, 0.3) is 0 Å². The van der Waals surface area contributed by atoms with Gasteiger partial charge in [0.1, 0.15) is 6.10 Å². The van der Waals surface area contributed by atoms with Crippen molar-refractivity contribution in [3.63, 3.8) is 0 Å². The van der Waals surface area contributed by atoms with E-state index < -0.39 is 40.4 Å². The van der Waals surface area contributed by atoms with Gasteiger partial charge < -0.3 is 14.2 Å². The molecule has 0 fully saturated rings. The summed E-state index contributed by atoms with van der Waals surface area (Å²) < 4.78 is 44.7. The maximum absolute atomic E-state index is 12.2. The van der Waals surface area contributed by atoms with Crippen molar-refractivity contribution in [3.05, 3.63) is 47.5 Å². The summed E-state index contributed by atoms with van der Waals surface area (Å²) in [4.78, 5) is 23.7. The Morgan fingerprint density at radius 2 is 1.86 bits per heavy atom. The summed E-state index contributed by atoms with van der Waals surface area (Å²) in [6.45, 7) is 3.19. The first kappa shape index (κ1) is 22.1. The van der Waals surface area contributed by atoms with E-state index in [2.05, 4.69) is 0 Å². The van der Waals surface area contributed by atoms with Crippen LogP contribution in [0.2, 0.25) is 0 Å². The van der Waals surface area contributed by atoms with E-state index in [4.69, 9.17) is 18.4 Å². The third-order valence-electron chi connectivity index (χ3n) is 3.91. The van der Waals surface area contributed by atoms with Gasteiger partial charge >= 0.3 is 11.9 Å². The number of benzene rings is 1. The molecule has 9 heteroatoms. The topological polar surface area (TPSA) is 105 Å². The molecule has 8 nitrogen and oxygen atoms in total. The summed E-state index contributed by atoms with van der Waals surface area (Å²) in [5.74, 6) is -1.22. The molecule has 2 rings (SSSR count). The maximum Gasteiger partial charge on any atom is 0.333 e. The molecule has 0 heterocycles. The molecule has 0 aliphatic heterocycles. The molecule has 3 atom stereocenters. The van der Waals surface area contributed by atoms with Crippen molar-refractivity contribution in [2.75, 3.05) is 12.9 Å². The molecule has 0 radical (unpaired) electrons. The van der Waals surface area contributed by atoms with Gasteiger partial charge in [-0.3, -0.25) is 8.98 Å². The van der Waals surface area contributed by atoms with Gasteiger partial charge in [-0.25, -0.2) is 4.79 Å². The molecule has 0 saturated heterocycles. The molecule has 154 valence electrons. The molecule has 0 amide bonds. The zero-order chi connectivity index (χ0) is 20.7. The Hall–Kier alpha value is -2.23. The Bertz CT molecular complexity index is 816. The lowest BCUT2D eigenvalue weighted by Crippen LogP contribution is -2.47. The average Bonchev–Trinajstić information content (AvgIpc) is 2.61. The molecule has 0 bridgehead atoms. The van der Waals surface area contributed by atoms with Gasteiger partial charge in [0.05, 0.1) is 25.6 Å². The molecule has 1 aliphatic rings. The molecule has 28 heavy (non-hydrogen) atoms. The van der Waals surface area contributed by atoms with Gasteiger partial charge in [0.15, 0.2) is 6.10 Å². The molecule has 1 aromatic carbocycles. The smallest absolute Gasteiger partial charge is 0.333 e. The molecule has 0 N–H and O–H groups in total. The minimum absolute atomic E-state index is 0.0591. The Labute approximate surface area is 164 Å². The van der Waals surface area contributed by atoms with Crippen LogP contribution in [0.4, 0.5) is 0 Å². The molecule has 0 saturated carbocycles. The number of carbonyl (C=O) groups is 2. The van der Waals surface area contributed by atoms with Crippen LogP contribution < -0.4 is 0 Å². The Morgan fingerprint density at radius 1 is 1.18 bits per heavy atom. The van der Waals surface area contributed by atoms with Crippen LogP contribution in [-0.4, -0.2) is 51.5 Å². The Kier molecular flexibility index (Phi) is 7.73. The number of carbonyl (C=O) groups excluding carboxylic acids is 2. The van der Waals surface area contributed by atoms with Crippen LogP contribution in [0, 0.1) is 0 Å². The first-order valence-electron chi connectivity index (χ1n) is 8.78. The highest BCUT2D eigenvalue weighted by molar-refractivity contribution is 7.86. The van der Waals surface area contributed by atoms with E-state index in [0.29, 0.717) is 0 Å². The fraction of sp³-hybridized carbons (Fsp3) is 0.474. The van der Waals surface area contributed by atoms with Crippen LogP contribution in [0.1, 0.15) is 25.8 Å². The summed E-state index contributed by atoms with van der Waals surface area (Å²) >= 11 is 0. The fourth-order valence-corrected chi connectivity index (χ4v) is 3.46. The first-order chi connectivity index (χ1) is 13.2. The predicted octanol–water partition coefficient (Wildman–Crippen LogP) is 1.74. The summed E-state index contributed by atoms with van der Waals surface area (Å²) in [5.41, 5.74) is 1.09. The minimum Gasteiger partial charge on any atom is -0.463 e. The van der Waals surface area contributed by atoms with Crippen molar-refractivity contribution < 1.29 is 36.4 Å². The molecule has 0 spiro atoms. The first-order valence-corrected chi connectivity index (χ1v) is 10.6. The van der Waals surface area contributed by atoms with Gasteiger partial charge in [-0.2, -0.15) is 8.42 Å². The number of ether oxygens (including phenoxy) is 3. The Balaban J connectivity index is 2.31. The lowest BCUT2D eigenvalue weighted by Gasteiger charge is -2.34. The highest BCUT2D eigenvalue weighted by atomic mass is 32.2.